The molecule has 0 saturated carbocycles. The molecule has 0 unspecified atom stereocenters. The van der Waals surface area contributed by atoms with Crippen molar-refractivity contribution in [3.63, 3.8) is 0 Å². The van der Waals surface area contributed by atoms with Crippen LogP contribution in [-0.4, -0.2) is 0 Å². The van der Waals surface area contributed by atoms with E-state index in [4.69, 9.17) is 0 Å². The van der Waals surface area contributed by atoms with E-state index in [0.717, 1.165) is 24.0 Å². The highest BCUT2D eigenvalue weighted by molar-refractivity contribution is 6.09. The molecule has 0 radical (unpaired) electrons. The van der Waals surface area contributed by atoms with Gasteiger partial charge >= 0.3 is 0 Å². The lowest BCUT2D eigenvalue weighted by molar-refractivity contribution is 0.594. The Bertz CT molecular complexity index is 1180. The number of hydrogen-bond acceptors (Lipinski definition) is 0. The van der Waals surface area contributed by atoms with Crippen LogP contribution in [0, 0.1) is 17.5 Å². The van der Waals surface area contributed by atoms with Gasteiger partial charge in [-0.15, -0.1) is 0 Å². The molecule has 0 aromatic heterocycles. The van der Waals surface area contributed by atoms with E-state index in [1.165, 1.54) is 37.5 Å². The zero-order valence-electron chi connectivity index (χ0n) is 17.2. The lowest BCUT2D eigenvalue weighted by Crippen LogP contribution is -1.95. The van der Waals surface area contributed by atoms with Crippen LogP contribution in [0.1, 0.15) is 44.6 Å². The van der Waals surface area contributed by atoms with Crippen molar-refractivity contribution in [2.45, 2.75) is 45.4 Å². The van der Waals surface area contributed by atoms with Crippen molar-refractivity contribution < 1.29 is 13.2 Å². The third kappa shape index (κ3) is 4.07. The molecule has 4 aromatic carbocycles. The Hall–Kier alpha value is -2.81. The van der Waals surface area contributed by atoms with Gasteiger partial charge in [-0.2, -0.15) is 0 Å². The number of hydrogen-bond donors (Lipinski definition) is 0. The van der Waals surface area contributed by atoms with Crippen LogP contribution in [0.4, 0.5) is 13.2 Å². The van der Waals surface area contributed by atoms with Gasteiger partial charge in [-0.3, -0.25) is 0 Å². The topological polar surface area (TPSA) is 0 Å². The van der Waals surface area contributed by atoms with Crippen molar-refractivity contribution in [2.75, 3.05) is 0 Å². The minimum atomic E-state index is -0.444. The summed E-state index contributed by atoms with van der Waals surface area (Å²) in [6.45, 7) is 2.17. The first-order chi connectivity index (χ1) is 14.6. The van der Waals surface area contributed by atoms with Crippen LogP contribution < -0.4 is 0 Å². The van der Waals surface area contributed by atoms with E-state index >= 15 is 4.39 Å². The fourth-order valence-corrected chi connectivity index (χ4v) is 4.13. The average Bonchev–Trinajstić information content (AvgIpc) is 2.76. The van der Waals surface area contributed by atoms with Crippen molar-refractivity contribution in [1.82, 2.24) is 0 Å². The Balaban J connectivity index is 1.71. The summed E-state index contributed by atoms with van der Waals surface area (Å²) in [7, 11) is 0. The molecule has 30 heavy (non-hydrogen) atoms. The Morgan fingerprint density at radius 3 is 2.03 bits per heavy atom. The van der Waals surface area contributed by atoms with Gasteiger partial charge in [-0.25, -0.2) is 13.2 Å². The smallest absolute Gasteiger partial charge is 0.134 e. The molecule has 0 nitrogen and oxygen atoms in total. The van der Waals surface area contributed by atoms with Crippen molar-refractivity contribution in [2.24, 2.45) is 0 Å². The van der Waals surface area contributed by atoms with Crippen molar-refractivity contribution >= 4 is 21.5 Å². The minimum Gasteiger partial charge on any atom is -0.207 e. The summed E-state index contributed by atoms with van der Waals surface area (Å²) in [5.74, 6) is -1.07. The molecule has 0 aliphatic heterocycles. The predicted octanol–water partition coefficient (Wildman–Crippen LogP) is 8.59. The Morgan fingerprint density at radius 2 is 1.27 bits per heavy atom. The lowest BCUT2D eigenvalue weighted by Gasteiger charge is -2.11. The molecule has 4 aromatic rings. The highest BCUT2D eigenvalue weighted by atomic mass is 19.1. The number of halogens is 3. The van der Waals surface area contributed by atoms with Crippen LogP contribution in [0.25, 0.3) is 32.7 Å². The monoisotopic (exact) mass is 406 g/mol. The van der Waals surface area contributed by atoms with Crippen LogP contribution in [0.15, 0.2) is 60.7 Å². The van der Waals surface area contributed by atoms with E-state index in [1.54, 1.807) is 18.2 Å². The van der Waals surface area contributed by atoms with Gasteiger partial charge in [0.2, 0.25) is 0 Å². The van der Waals surface area contributed by atoms with Crippen LogP contribution in [0.3, 0.4) is 0 Å². The molecule has 3 heteroatoms. The summed E-state index contributed by atoms with van der Waals surface area (Å²) < 4.78 is 43.3. The molecule has 0 spiro atoms. The van der Waals surface area contributed by atoms with E-state index in [9.17, 15) is 8.78 Å². The summed E-state index contributed by atoms with van der Waals surface area (Å²) in [5.41, 5.74) is 2.26. The summed E-state index contributed by atoms with van der Waals surface area (Å²) in [5, 5.41) is 2.17. The zero-order valence-corrected chi connectivity index (χ0v) is 17.2. The van der Waals surface area contributed by atoms with E-state index in [-0.39, 0.29) is 11.6 Å². The van der Waals surface area contributed by atoms with Gasteiger partial charge in [0.05, 0.1) is 0 Å². The maximum absolute atomic E-state index is 15.1. The summed E-state index contributed by atoms with van der Waals surface area (Å²) >= 11 is 0. The summed E-state index contributed by atoms with van der Waals surface area (Å²) in [6, 6.07) is 16.6. The van der Waals surface area contributed by atoms with Crippen molar-refractivity contribution in [3.8, 4) is 11.1 Å². The molecule has 0 heterocycles. The number of benzene rings is 4. The number of aryl methyl sites for hydroxylation is 1. The summed E-state index contributed by atoms with van der Waals surface area (Å²) in [4.78, 5) is 0. The fourth-order valence-electron chi connectivity index (χ4n) is 4.13. The molecule has 0 bridgehead atoms. The maximum Gasteiger partial charge on any atom is 0.134 e. The van der Waals surface area contributed by atoms with Gasteiger partial charge < -0.3 is 0 Å². The molecule has 0 aliphatic rings. The van der Waals surface area contributed by atoms with E-state index in [2.05, 4.69) is 6.92 Å². The third-order valence-corrected chi connectivity index (χ3v) is 5.83. The second kappa shape index (κ2) is 8.91. The molecule has 0 saturated heterocycles. The van der Waals surface area contributed by atoms with Crippen LogP contribution >= 0.6 is 0 Å². The highest BCUT2D eigenvalue weighted by Gasteiger charge is 2.14. The molecule has 0 N–H and O–H groups in total. The van der Waals surface area contributed by atoms with E-state index < -0.39 is 5.82 Å². The third-order valence-electron chi connectivity index (χ3n) is 5.83. The van der Waals surface area contributed by atoms with Crippen molar-refractivity contribution in [1.29, 1.82) is 0 Å². The zero-order chi connectivity index (χ0) is 21.1. The molecule has 0 amide bonds. The van der Waals surface area contributed by atoms with Crippen LogP contribution in [0.2, 0.25) is 0 Å². The van der Waals surface area contributed by atoms with Gasteiger partial charge in [0, 0.05) is 10.8 Å². The maximum atomic E-state index is 15.1. The standard InChI is InChI=1S/C27H25F3/c1-2-3-4-5-6-7-19-10-14-23-22-15-11-20(18-8-12-21(28)13-9-18)16-24(22)26(29)17-25(23)27(19)30/h8-17H,2-7H2,1H3. The Kier molecular flexibility index (Phi) is 6.08. The SMILES string of the molecule is CCCCCCCc1ccc2c(cc(F)c3cc(-c4ccc(F)cc4)ccc32)c1F. The molecular weight excluding hydrogens is 381 g/mol. The van der Waals surface area contributed by atoms with Gasteiger partial charge in [0.25, 0.3) is 0 Å². The van der Waals surface area contributed by atoms with Crippen LogP contribution in [0.5, 0.6) is 0 Å². The van der Waals surface area contributed by atoms with Gasteiger partial charge in [0.15, 0.2) is 0 Å². The highest BCUT2D eigenvalue weighted by Crippen LogP contribution is 2.34. The molecular formula is C27H25F3. The second-order valence-corrected chi connectivity index (χ2v) is 7.92. The second-order valence-electron chi connectivity index (χ2n) is 7.92. The van der Waals surface area contributed by atoms with Gasteiger partial charge in [0.1, 0.15) is 17.5 Å². The first-order valence-corrected chi connectivity index (χ1v) is 10.7. The van der Waals surface area contributed by atoms with Crippen LogP contribution in [-0.2, 0) is 6.42 Å². The normalized spacial score (nSPS) is 11.5. The van der Waals surface area contributed by atoms with Gasteiger partial charge in [-0.1, -0.05) is 69.0 Å². The fraction of sp³-hybridized carbons (Fsp3) is 0.259. The first kappa shape index (κ1) is 20.5. The molecule has 4 rings (SSSR count). The van der Waals surface area contributed by atoms with E-state index in [0.29, 0.717) is 33.5 Å². The Morgan fingerprint density at radius 1 is 0.600 bits per heavy atom. The number of unbranched alkanes of at least 4 members (excludes halogenated alkanes) is 4. The average molecular weight is 406 g/mol. The minimum absolute atomic E-state index is 0.312. The number of fused-ring (bicyclic) bond motifs is 3. The lowest BCUT2D eigenvalue weighted by atomic mass is 9.94. The first-order valence-electron chi connectivity index (χ1n) is 10.7. The van der Waals surface area contributed by atoms with Crippen molar-refractivity contribution in [3.05, 3.63) is 83.7 Å². The molecule has 0 aliphatic carbocycles. The quantitative estimate of drug-likeness (QED) is 0.213. The predicted molar refractivity (Wildman–Crippen MR) is 119 cm³/mol. The summed E-state index contributed by atoms with van der Waals surface area (Å²) in [6.07, 6.45) is 6.26. The van der Waals surface area contributed by atoms with Gasteiger partial charge in [-0.05, 0) is 64.6 Å². The number of rotatable bonds is 7. The van der Waals surface area contributed by atoms with E-state index in [1.807, 2.05) is 24.3 Å². The molecule has 0 fully saturated rings. The molecule has 154 valence electrons. The largest absolute Gasteiger partial charge is 0.207 e. The Labute approximate surface area is 175 Å². The molecule has 0 atom stereocenters.